The van der Waals surface area contributed by atoms with E-state index in [4.69, 9.17) is 14.6 Å². The van der Waals surface area contributed by atoms with Crippen molar-refractivity contribution in [2.75, 3.05) is 7.11 Å². The van der Waals surface area contributed by atoms with E-state index in [2.05, 4.69) is 0 Å². The molecule has 1 saturated heterocycles. The van der Waals surface area contributed by atoms with Gasteiger partial charge in [-0.3, -0.25) is 0 Å². The van der Waals surface area contributed by atoms with Crippen molar-refractivity contribution in [3.8, 4) is 0 Å². The minimum Gasteiger partial charge on any atom is -0.381 e. The summed E-state index contributed by atoms with van der Waals surface area (Å²) in [7, 11) is 1.66. The van der Waals surface area contributed by atoms with Gasteiger partial charge in [0.1, 0.15) is 0 Å². The van der Waals surface area contributed by atoms with Crippen molar-refractivity contribution in [3.05, 3.63) is 0 Å². The van der Waals surface area contributed by atoms with Gasteiger partial charge in [-0.2, -0.15) is 0 Å². The molecule has 0 unspecified atom stereocenters. The third-order valence-electron chi connectivity index (χ3n) is 1.78. The lowest BCUT2D eigenvalue weighted by atomic mass is 10.1. The number of rotatable bonds is 1. The summed E-state index contributed by atoms with van der Waals surface area (Å²) in [5.41, 5.74) is 0. The van der Waals surface area contributed by atoms with Gasteiger partial charge in [0.25, 0.3) is 0 Å². The van der Waals surface area contributed by atoms with Crippen molar-refractivity contribution >= 4 is 0 Å². The molecule has 0 aromatic carbocycles. The van der Waals surface area contributed by atoms with Crippen LogP contribution in [0.4, 0.5) is 0 Å². The van der Waals surface area contributed by atoms with E-state index in [-0.39, 0.29) is 12.2 Å². The van der Waals surface area contributed by atoms with Gasteiger partial charge in [-0.15, -0.1) is 0 Å². The second-order valence-electron chi connectivity index (χ2n) is 2.73. The number of ether oxygens (including phenoxy) is 2. The van der Waals surface area contributed by atoms with E-state index in [0.29, 0.717) is 6.42 Å². The Morgan fingerprint density at radius 3 is 2.70 bits per heavy atom. The molecule has 0 amide bonds. The number of aliphatic hydroxyl groups is 1. The Bertz CT molecular complexity index is 95.0. The molecule has 1 N–H and O–H groups in total. The van der Waals surface area contributed by atoms with E-state index in [9.17, 15) is 0 Å². The maximum absolute atomic E-state index is 9.08. The largest absolute Gasteiger partial charge is 0.381 e. The highest BCUT2D eigenvalue weighted by molar-refractivity contribution is 4.69. The molecule has 3 atom stereocenters. The molecule has 3 heteroatoms. The van der Waals surface area contributed by atoms with E-state index < -0.39 is 6.29 Å². The zero-order valence-corrected chi connectivity index (χ0v) is 6.41. The normalized spacial score (nSPS) is 41.7. The summed E-state index contributed by atoms with van der Waals surface area (Å²) in [6.45, 7) is 1.94. The average Bonchev–Trinajstić information content (AvgIpc) is 1.85. The first-order chi connectivity index (χ1) is 4.72. The Morgan fingerprint density at radius 1 is 1.50 bits per heavy atom. The van der Waals surface area contributed by atoms with E-state index in [1.54, 1.807) is 7.11 Å². The van der Waals surface area contributed by atoms with Crippen molar-refractivity contribution in [2.24, 2.45) is 0 Å². The fourth-order valence-electron chi connectivity index (χ4n) is 1.26. The molecule has 60 valence electrons. The molecule has 0 aliphatic carbocycles. The lowest BCUT2D eigenvalue weighted by Gasteiger charge is -2.29. The van der Waals surface area contributed by atoms with Crippen LogP contribution in [0.2, 0.25) is 0 Å². The molecule has 0 spiro atoms. The maximum atomic E-state index is 9.08. The molecule has 10 heavy (non-hydrogen) atoms. The number of aliphatic hydroxyl groups excluding tert-OH is 1. The highest BCUT2D eigenvalue weighted by Gasteiger charge is 2.24. The van der Waals surface area contributed by atoms with E-state index in [0.717, 1.165) is 6.42 Å². The third-order valence-corrected chi connectivity index (χ3v) is 1.78. The number of hydrogen-bond acceptors (Lipinski definition) is 3. The SMILES string of the molecule is CO[C@@H]1C[C@H](C)O[C@@H](O)C1. The topological polar surface area (TPSA) is 38.7 Å². The molecule has 0 saturated carbocycles. The minimum absolute atomic E-state index is 0.119. The van der Waals surface area contributed by atoms with Gasteiger partial charge < -0.3 is 14.6 Å². The number of methoxy groups -OCH3 is 1. The van der Waals surface area contributed by atoms with Crippen LogP contribution in [0.25, 0.3) is 0 Å². The van der Waals surface area contributed by atoms with Crippen molar-refractivity contribution < 1.29 is 14.6 Å². The van der Waals surface area contributed by atoms with Crippen molar-refractivity contribution in [3.63, 3.8) is 0 Å². The molecule has 0 aromatic heterocycles. The van der Waals surface area contributed by atoms with Gasteiger partial charge in [0, 0.05) is 13.5 Å². The van der Waals surface area contributed by atoms with Gasteiger partial charge in [-0.1, -0.05) is 0 Å². The summed E-state index contributed by atoms with van der Waals surface area (Å²) in [5, 5.41) is 9.08. The first kappa shape index (κ1) is 7.98. The predicted molar refractivity (Wildman–Crippen MR) is 36.6 cm³/mol. The second-order valence-corrected chi connectivity index (χ2v) is 2.73. The zero-order chi connectivity index (χ0) is 7.56. The Labute approximate surface area is 60.9 Å². The molecule has 1 aliphatic rings. The van der Waals surface area contributed by atoms with Crippen LogP contribution in [-0.2, 0) is 9.47 Å². The van der Waals surface area contributed by atoms with Crippen molar-refractivity contribution in [1.29, 1.82) is 0 Å². The van der Waals surface area contributed by atoms with Crippen LogP contribution >= 0.6 is 0 Å². The molecular formula is C7H14O3. The molecule has 1 fully saturated rings. The van der Waals surface area contributed by atoms with Crippen LogP contribution < -0.4 is 0 Å². The summed E-state index contributed by atoms with van der Waals surface area (Å²) in [4.78, 5) is 0. The summed E-state index contributed by atoms with van der Waals surface area (Å²) < 4.78 is 10.2. The second kappa shape index (κ2) is 3.32. The monoisotopic (exact) mass is 146 g/mol. The van der Waals surface area contributed by atoms with Gasteiger partial charge in [-0.25, -0.2) is 0 Å². The van der Waals surface area contributed by atoms with Crippen LogP contribution in [0.5, 0.6) is 0 Å². The summed E-state index contributed by atoms with van der Waals surface area (Å²) >= 11 is 0. The maximum Gasteiger partial charge on any atom is 0.157 e. The Kier molecular flexibility index (Phi) is 2.65. The van der Waals surface area contributed by atoms with Gasteiger partial charge in [0.15, 0.2) is 6.29 Å². The van der Waals surface area contributed by atoms with Crippen molar-refractivity contribution in [1.82, 2.24) is 0 Å². The zero-order valence-electron chi connectivity index (χ0n) is 6.41. The van der Waals surface area contributed by atoms with Crippen LogP contribution in [0.15, 0.2) is 0 Å². The highest BCUT2D eigenvalue weighted by atomic mass is 16.6. The molecule has 1 rings (SSSR count). The molecule has 0 bridgehead atoms. The molecule has 3 nitrogen and oxygen atoms in total. The van der Waals surface area contributed by atoms with E-state index >= 15 is 0 Å². The fourth-order valence-corrected chi connectivity index (χ4v) is 1.26. The molecule has 1 heterocycles. The lowest BCUT2D eigenvalue weighted by Crippen LogP contribution is -2.34. The Hall–Kier alpha value is -0.120. The Balaban J connectivity index is 2.35. The van der Waals surface area contributed by atoms with Gasteiger partial charge in [0.2, 0.25) is 0 Å². The average molecular weight is 146 g/mol. The summed E-state index contributed by atoms with van der Waals surface area (Å²) in [5.74, 6) is 0. The molecular weight excluding hydrogens is 132 g/mol. The first-order valence-corrected chi connectivity index (χ1v) is 3.58. The van der Waals surface area contributed by atoms with Crippen molar-refractivity contribution in [2.45, 2.75) is 38.3 Å². The lowest BCUT2D eigenvalue weighted by molar-refractivity contribution is -0.188. The third kappa shape index (κ3) is 1.94. The molecule has 0 radical (unpaired) electrons. The van der Waals surface area contributed by atoms with Crippen LogP contribution in [-0.4, -0.2) is 30.7 Å². The first-order valence-electron chi connectivity index (χ1n) is 3.58. The van der Waals surface area contributed by atoms with Crippen LogP contribution in [0.3, 0.4) is 0 Å². The van der Waals surface area contributed by atoms with Gasteiger partial charge in [-0.05, 0) is 13.3 Å². The molecule has 1 aliphatic heterocycles. The summed E-state index contributed by atoms with van der Waals surface area (Å²) in [6.07, 6.45) is 1.13. The fraction of sp³-hybridized carbons (Fsp3) is 1.00. The standard InChI is InChI=1S/C7H14O3/c1-5-3-6(9-2)4-7(8)10-5/h5-8H,3-4H2,1-2H3/t5-,6+,7+/m0/s1. The van der Waals surface area contributed by atoms with Crippen LogP contribution in [0, 0.1) is 0 Å². The summed E-state index contributed by atoms with van der Waals surface area (Å²) in [6, 6.07) is 0. The smallest absolute Gasteiger partial charge is 0.157 e. The Morgan fingerprint density at radius 2 is 2.20 bits per heavy atom. The van der Waals surface area contributed by atoms with E-state index in [1.807, 2.05) is 6.92 Å². The number of hydrogen-bond donors (Lipinski definition) is 1. The van der Waals surface area contributed by atoms with Gasteiger partial charge in [0.05, 0.1) is 12.2 Å². The van der Waals surface area contributed by atoms with Gasteiger partial charge >= 0.3 is 0 Å². The van der Waals surface area contributed by atoms with E-state index in [1.165, 1.54) is 0 Å². The minimum atomic E-state index is -0.631. The van der Waals surface area contributed by atoms with Crippen LogP contribution in [0.1, 0.15) is 19.8 Å². The highest BCUT2D eigenvalue weighted by Crippen LogP contribution is 2.19. The molecule has 0 aromatic rings. The quantitative estimate of drug-likeness (QED) is 0.586. The predicted octanol–water partition coefficient (Wildman–Crippen LogP) is 0.519.